The molecule has 1 saturated heterocycles. The summed E-state index contributed by atoms with van der Waals surface area (Å²) in [5.74, 6) is -0.831. The van der Waals surface area contributed by atoms with Crippen LogP contribution in [-0.2, 0) is 28.5 Å². The zero-order valence-electron chi connectivity index (χ0n) is 34.4. The number of unbranched alkanes of at least 4 members (excludes halogenated alkanes) is 16. The van der Waals surface area contributed by atoms with Gasteiger partial charge in [0.15, 0.2) is 12.4 Å². The lowest BCUT2D eigenvalue weighted by Gasteiger charge is -2.39. The number of esters is 2. The predicted octanol–water partition coefficient (Wildman–Crippen LogP) is 8.88. The monoisotopic (exact) mass is 779 g/mol. The average Bonchev–Trinajstić information content (AvgIpc) is 3.18. The molecule has 10 nitrogen and oxygen atoms in total. The first-order valence-corrected chi connectivity index (χ1v) is 21.7. The van der Waals surface area contributed by atoms with Crippen LogP contribution < -0.4 is 0 Å². The van der Waals surface area contributed by atoms with Crippen LogP contribution in [0.1, 0.15) is 168 Å². The molecule has 0 aromatic heterocycles. The predicted molar refractivity (Wildman–Crippen MR) is 219 cm³/mol. The van der Waals surface area contributed by atoms with Crippen LogP contribution in [0.2, 0.25) is 0 Å². The van der Waals surface area contributed by atoms with Gasteiger partial charge in [-0.2, -0.15) is 0 Å². The maximum atomic E-state index is 12.8. The van der Waals surface area contributed by atoms with Crippen molar-refractivity contribution in [3.05, 3.63) is 48.6 Å². The highest BCUT2D eigenvalue weighted by Crippen LogP contribution is 2.22. The highest BCUT2D eigenvalue weighted by atomic mass is 16.7. The molecular weight excluding hydrogens is 700 g/mol. The summed E-state index contributed by atoms with van der Waals surface area (Å²) in [5, 5.41) is 40.0. The third-order valence-electron chi connectivity index (χ3n) is 9.70. The molecule has 0 amide bonds. The molecule has 55 heavy (non-hydrogen) atoms. The number of allylic oxidation sites excluding steroid dienone is 8. The maximum absolute atomic E-state index is 12.8. The van der Waals surface area contributed by atoms with E-state index in [1.807, 2.05) is 0 Å². The van der Waals surface area contributed by atoms with Crippen LogP contribution in [0.25, 0.3) is 0 Å². The Hall–Kier alpha value is -2.34. The first-order valence-electron chi connectivity index (χ1n) is 21.7. The molecule has 0 spiro atoms. The molecule has 6 atom stereocenters. The zero-order valence-corrected chi connectivity index (χ0v) is 34.4. The third-order valence-corrected chi connectivity index (χ3v) is 9.70. The summed E-state index contributed by atoms with van der Waals surface area (Å²) >= 11 is 0. The van der Waals surface area contributed by atoms with Gasteiger partial charge in [0.25, 0.3) is 0 Å². The Bertz CT molecular complexity index is 1040. The van der Waals surface area contributed by atoms with Gasteiger partial charge in [0.2, 0.25) is 0 Å². The average molecular weight is 779 g/mol. The Balaban J connectivity index is 2.36. The number of hydrogen-bond donors (Lipinski definition) is 4. The van der Waals surface area contributed by atoms with Gasteiger partial charge in [0.05, 0.1) is 13.2 Å². The number of carbonyl (C=O) groups excluding carboxylic acids is 2. The molecule has 10 heteroatoms. The summed E-state index contributed by atoms with van der Waals surface area (Å²) in [4.78, 5) is 25.3. The highest BCUT2D eigenvalue weighted by Gasteiger charge is 2.44. The number of aliphatic hydroxyl groups excluding tert-OH is 4. The van der Waals surface area contributed by atoms with Crippen LogP contribution in [-0.4, -0.2) is 89.0 Å². The van der Waals surface area contributed by atoms with Crippen molar-refractivity contribution >= 4 is 11.9 Å². The van der Waals surface area contributed by atoms with E-state index in [0.29, 0.717) is 12.8 Å². The minimum atomic E-state index is -1.60. The molecule has 0 aliphatic carbocycles. The van der Waals surface area contributed by atoms with Crippen LogP contribution in [0.5, 0.6) is 0 Å². The molecule has 1 aliphatic rings. The van der Waals surface area contributed by atoms with E-state index in [9.17, 15) is 30.0 Å². The molecule has 0 aromatic carbocycles. The van der Waals surface area contributed by atoms with E-state index in [-0.39, 0.29) is 26.1 Å². The highest BCUT2D eigenvalue weighted by molar-refractivity contribution is 5.70. The van der Waals surface area contributed by atoms with Gasteiger partial charge in [-0.3, -0.25) is 9.59 Å². The van der Waals surface area contributed by atoms with E-state index in [1.165, 1.54) is 57.8 Å². The molecule has 1 aliphatic heterocycles. The summed E-state index contributed by atoms with van der Waals surface area (Å²) in [7, 11) is 0. The largest absolute Gasteiger partial charge is 0.462 e. The van der Waals surface area contributed by atoms with Crippen molar-refractivity contribution in [1.29, 1.82) is 0 Å². The summed E-state index contributed by atoms with van der Waals surface area (Å²) in [5.41, 5.74) is 0. The molecule has 318 valence electrons. The number of hydrogen-bond acceptors (Lipinski definition) is 10. The first-order chi connectivity index (χ1) is 26.8. The van der Waals surface area contributed by atoms with Gasteiger partial charge in [-0.1, -0.05) is 140 Å². The standard InChI is InChI=1S/C45H78O10/c1-3-5-7-9-11-13-15-17-19-21-23-25-27-29-31-33-40(47)52-36-38(37-53-45-44(51)43(50)42(49)39(35-46)55-45)54-41(48)34-32-30-28-26-24-22-20-18-16-14-12-10-8-6-4-2/h5,7,10-13,17,19,38-39,42-46,49-51H,3-4,6,8-9,14-16,18,20-37H2,1-2H3/b7-5+,12-10+,13-11+,19-17+/t38-,39-,42+,43?,44?,45-/m0/s1. The van der Waals surface area contributed by atoms with Crippen molar-refractivity contribution in [2.45, 2.75) is 205 Å². The summed E-state index contributed by atoms with van der Waals surface area (Å²) in [6.07, 6.45) is 34.0. The quantitative estimate of drug-likeness (QED) is 0.0279. The Kier molecular flexibility index (Phi) is 33.2. The molecule has 0 radical (unpaired) electrons. The van der Waals surface area contributed by atoms with Crippen molar-refractivity contribution in [3.8, 4) is 0 Å². The number of carbonyl (C=O) groups is 2. The Morgan fingerprint density at radius 2 is 1.07 bits per heavy atom. The fraction of sp³-hybridized carbons (Fsp3) is 0.778. The minimum Gasteiger partial charge on any atom is -0.462 e. The molecule has 1 fully saturated rings. The fourth-order valence-corrected chi connectivity index (χ4v) is 6.24. The SMILES string of the molecule is CC/C=C/C/C=C/C/C=C/CCCCCCCC(=O)OC[C@@H](CO[C@H]1O[C@@H](CO)[C@@H](O)C(O)C1O)OC(=O)CCCCCCCCCCC/C=C/CCCC. The van der Waals surface area contributed by atoms with Gasteiger partial charge in [0.1, 0.15) is 31.0 Å². The van der Waals surface area contributed by atoms with Crippen LogP contribution >= 0.6 is 0 Å². The summed E-state index contributed by atoms with van der Waals surface area (Å²) in [6, 6.07) is 0. The van der Waals surface area contributed by atoms with E-state index in [1.54, 1.807) is 0 Å². The van der Waals surface area contributed by atoms with E-state index in [4.69, 9.17) is 18.9 Å². The molecule has 1 heterocycles. The van der Waals surface area contributed by atoms with Crippen LogP contribution in [0.3, 0.4) is 0 Å². The van der Waals surface area contributed by atoms with E-state index in [2.05, 4.69) is 62.5 Å². The van der Waals surface area contributed by atoms with Crippen molar-refractivity contribution in [3.63, 3.8) is 0 Å². The Morgan fingerprint density at radius 1 is 0.582 bits per heavy atom. The van der Waals surface area contributed by atoms with Crippen molar-refractivity contribution in [1.82, 2.24) is 0 Å². The molecule has 4 N–H and O–H groups in total. The molecule has 0 saturated carbocycles. The molecule has 2 unspecified atom stereocenters. The topological polar surface area (TPSA) is 152 Å². The molecule has 1 rings (SSSR count). The van der Waals surface area contributed by atoms with Gasteiger partial charge in [0, 0.05) is 12.8 Å². The maximum Gasteiger partial charge on any atom is 0.306 e. The zero-order chi connectivity index (χ0) is 40.2. The molecule has 0 bridgehead atoms. The molecular formula is C45H78O10. The van der Waals surface area contributed by atoms with E-state index >= 15 is 0 Å². The lowest BCUT2D eigenvalue weighted by Crippen LogP contribution is -2.59. The number of aliphatic hydroxyl groups is 4. The van der Waals surface area contributed by atoms with Crippen molar-refractivity contribution < 1.29 is 49.0 Å². The minimum absolute atomic E-state index is 0.222. The van der Waals surface area contributed by atoms with Crippen LogP contribution in [0.4, 0.5) is 0 Å². The van der Waals surface area contributed by atoms with Crippen LogP contribution in [0, 0.1) is 0 Å². The van der Waals surface area contributed by atoms with Gasteiger partial charge in [-0.05, 0) is 64.2 Å². The smallest absolute Gasteiger partial charge is 0.306 e. The molecule has 0 aromatic rings. The Morgan fingerprint density at radius 3 is 1.64 bits per heavy atom. The van der Waals surface area contributed by atoms with E-state index < -0.39 is 55.4 Å². The second kappa shape index (κ2) is 36.0. The Labute approximate surface area is 333 Å². The van der Waals surface area contributed by atoms with Crippen molar-refractivity contribution in [2.24, 2.45) is 0 Å². The fourth-order valence-electron chi connectivity index (χ4n) is 6.24. The van der Waals surface area contributed by atoms with Crippen LogP contribution in [0.15, 0.2) is 48.6 Å². The second-order valence-electron chi connectivity index (χ2n) is 14.8. The number of rotatable bonds is 35. The number of ether oxygens (including phenoxy) is 4. The van der Waals surface area contributed by atoms with Gasteiger partial charge < -0.3 is 39.4 Å². The first kappa shape index (κ1) is 50.7. The van der Waals surface area contributed by atoms with Gasteiger partial charge in [-0.25, -0.2) is 0 Å². The van der Waals surface area contributed by atoms with Gasteiger partial charge in [-0.15, -0.1) is 0 Å². The van der Waals surface area contributed by atoms with Crippen molar-refractivity contribution in [2.75, 3.05) is 19.8 Å². The third kappa shape index (κ3) is 27.8. The summed E-state index contributed by atoms with van der Waals surface area (Å²) in [6.45, 7) is 3.25. The van der Waals surface area contributed by atoms with Gasteiger partial charge >= 0.3 is 11.9 Å². The summed E-state index contributed by atoms with van der Waals surface area (Å²) < 4.78 is 22.1. The lowest BCUT2D eigenvalue weighted by atomic mass is 9.99. The lowest BCUT2D eigenvalue weighted by molar-refractivity contribution is -0.305. The van der Waals surface area contributed by atoms with E-state index in [0.717, 1.165) is 70.6 Å². The second-order valence-corrected chi connectivity index (χ2v) is 14.8. The normalized spacial score (nSPS) is 21.0.